The average Bonchev–Trinajstić information content (AvgIpc) is 2.41. The first-order valence-corrected chi connectivity index (χ1v) is 8.04. The summed E-state index contributed by atoms with van der Waals surface area (Å²) in [4.78, 5) is 26.4. The fourth-order valence-corrected chi connectivity index (χ4v) is 3.96. The molecule has 0 aromatic heterocycles. The van der Waals surface area contributed by atoms with Gasteiger partial charge in [0.2, 0.25) is 11.8 Å². The van der Waals surface area contributed by atoms with Gasteiger partial charge in [-0.15, -0.1) is 0 Å². The van der Waals surface area contributed by atoms with Crippen LogP contribution in [0.2, 0.25) is 0 Å². The average molecular weight is 270 g/mol. The highest BCUT2D eigenvalue weighted by molar-refractivity contribution is 7.99. The molecule has 2 rings (SSSR count). The zero-order chi connectivity index (χ0) is 13.1. The summed E-state index contributed by atoms with van der Waals surface area (Å²) in [6, 6.07) is -0.322. The number of carbonyl (C=O) groups is 2. The molecule has 4 nitrogen and oxygen atoms in total. The van der Waals surface area contributed by atoms with Crippen LogP contribution < -0.4 is 5.32 Å². The Balaban J connectivity index is 2.19. The molecular formula is C13H22N2O2S. The molecule has 3 unspecified atom stereocenters. The van der Waals surface area contributed by atoms with Crippen LogP contribution in [0.25, 0.3) is 0 Å². The number of nitrogens with one attached hydrogen (secondary N) is 1. The fourth-order valence-electron chi connectivity index (χ4n) is 2.83. The van der Waals surface area contributed by atoms with Gasteiger partial charge < -0.3 is 10.2 Å². The summed E-state index contributed by atoms with van der Waals surface area (Å²) >= 11 is 1.90. The highest BCUT2D eigenvalue weighted by Gasteiger charge is 2.42. The van der Waals surface area contributed by atoms with E-state index in [2.05, 4.69) is 5.32 Å². The Morgan fingerprint density at radius 1 is 1.33 bits per heavy atom. The van der Waals surface area contributed by atoms with Crippen LogP contribution in [0, 0.1) is 0 Å². The minimum absolute atomic E-state index is 0.0273. The van der Waals surface area contributed by atoms with Crippen LogP contribution in [0.1, 0.15) is 39.5 Å². The third-order valence-electron chi connectivity index (χ3n) is 3.83. The lowest BCUT2D eigenvalue weighted by molar-refractivity contribution is -0.152. The predicted molar refractivity (Wildman–Crippen MR) is 73.5 cm³/mol. The van der Waals surface area contributed by atoms with Crippen molar-refractivity contribution in [2.24, 2.45) is 0 Å². The number of thioether (sulfide) groups is 1. The Kier molecular flexibility index (Phi) is 4.54. The molecule has 0 spiro atoms. The van der Waals surface area contributed by atoms with E-state index in [1.807, 2.05) is 30.5 Å². The van der Waals surface area contributed by atoms with Gasteiger partial charge in [0.15, 0.2) is 0 Å². The molecule has 3 atom stereocenters. The van der Waals surface area contributed by atoms with E-state index in [0.717, 1.165) is 18.6 Å². The summed E-state index contributed by atoms with van der Waals surface area (Å²) in [5, 5.41) is 2.85. The number of hydrogen-bond acceptors (Lipinski definition) is 3. The van der Waals surface area contributed by atoms with Crippen molar-refractivity contribution in [3.8, 4) is 0 Å². The molecule has 2 aliphatic rings. The van der Waals surface area contributed by atoms with E-state index in [1.54, 1.807) is 0 Å². The Hall–Kier alpha value is -0.710. The van der Waals surface area contributed by atoms with Gasteiger partial charge in [-0.25, -0.2) is 0 Å². The van der Waals surface area contributed by atoms with Crippen molar-refractivity contribution in [1.29, 1.82) is 0 Å². The van der Waals surface area contributed by atoms with E-state index in [1.165, 1.54) is 5.75 Å². The van der Waals surface area contributed by atoms with Crippen molar-refractivity contribution in [2.45, 2.75) is 57.7 Å². The van der Waals surface area contributed by atoms with Gasteiger partial charge in [0, 0.05) is 11.8 Å². The van der Waals surface area contributed by atoms with Gasteiger partial charge in [0.05, 0.1) is 0 Å². The highest BCUT2D eigenvalue weighted by Crippen LogP contribution is 2.27. The molecule has 2 amide bonds. The van der Waals surface area contributed by atoms with Crippen LogP contribution in [-0.2, 0) is 9.59 Å². The molecule has 5 heteroatoms. The summed E-state index contributed by atoms with van der Waals surface area (Å²) < 4.78 is 0. The van der Waals surface area contributed by atoms with E-state index in [4.69, 9.17) is 0 Å². The van der Waals surface area contributed by atoms with Gasteiger partial charge in [0.25, 0.3) is 0 Å². The molecule has 2 fully saturated rings. The maximum atomic E-state index is 12.5. The number of carbonyl (C=O) groups excluding carboxylic acids is 2. The molecule has 1 N–H and O–H groups in total. The van der Waals surface area contributed by atoms with Crippen molar-refractivity contribution in [1.82, 2.24) is 10.2 Å². The zero-order valence-electron chi connectivity index (χ0n) is 11.1. The van der Waals surface area contributed by atoms with Crippen LogP contribution >= 0.6 is 11.8 Å². The van der Waals surface area contributed by atoms with Crippen molar-refractivity contribution in [3.63, 3.8) is 0 Å². The van der Waals surface area contributed by atoms with Crippen molar-refractivity contribution in [3.05, 3.63) is 0 Å². The number of amides is 2. The Labute approximate surface area is 113 Å². The summed E-state index contributed by atoms with van der Waals surface area (Å²) in [6.07, 6.45) is 3.57. The smallest absolute Gasteiger partial charge is 0.246 e. The third kappa shape index (κ3) is 2.51. The van der Waals surface area contributed by atoms with E-state index < -0.39 is 0 Å². The maximum Gasteiger partial charge on any atom is 0.246 e. The number of hydrogen-bond donors (Lipinski definition) is 1. The molecule has 18 heavy (non-hydrogen) atoms. The first-order valence-electron chi connectivity index (χ1n) is 6.89. The lowest BCUT2D eigenvalue weighted by atomic mass is 9.99. The third-order valence-corrected chi connectivity index (χ3v) is 5.03. The molecular weight excluding hydrogens is 248 g/mol. The second-order valence-electron chi connectivity index (χ2n) is 5.01. The number of rotatable bonds is 3. The molecule has 0 aromatic carbocycles. The fraction of sp³-hybridized carbons (Fsp3) is 0.846. The first-order chi connectivity index (χ1) is 8.69. The second-order valence-corrected chi connectivity index (χ2v) is 6.16. The Morgan fingerprint density at radius 2 is 2.11 bits per heavy atom. The molecule has 0 aromatic rings. The summed E-state index contributed by atoms with van der Waals surface area (Å²) in [6.45, 7) is 3.93. The van der Waals surface area contributed by atoms with Crippen LogP contribution in [0.15, 0.2) is 0 Å². The number of nitrogens with zero attached hydrogens (tertiary/aromatic N) is 1. The molecule has 0 saturated carbocycles. The van der Waals surface area contributed by atoms with Crippen molar-refractivity contribution in [2.75, 3.05) is 11.5 Å². The van der Waals surface area contributed by atoms with Crippen molar-refractivity contribution >= 4 is 23.6 Å². The Bertz CT molecular complexity index is 329. The van der Waals surface area contributed by atoms with E-state index in [0.29, 0.717) is 12.8 Å². The largest absolute Gasteiger partial charge is 0.343 e. The quantitative estimate of drug-likeness (QED) is 0.843. The highest BCUT2D eigenvalue weighted by atomic mass is 32.2. The monoisotopic (exact) mass is 270 g/mol. The predicted octanol–water partition coefficient (Wildman–Crippen LogP) is 1.40. The second kappa shape index (κ2) is 5.95. The zero-order valence-corrected chi connectivity index (χ0v) is 12.0. The molecule has 102 valence electrons. The molecule has 2 heterocycles. The van der Waals surface area contributed by atoms with E-state index in [9.17, 15) is 9.59 Å². The number of piperazine rings is 1. The topological polar surface area (TPSA) is 49.4 Å². The van der Waals surface area contributed by atoms with Crippen LogP contribution in [0.4, 0.5) is 0 Å². The van der Waals surface area contributed by atoms with E-state index in [-0.39, 0.29) is 29.9 Å². The van der Waals surface area contributed by atoms with Crippen LogP contribution in [-0.4, -0.2) is 46.3 Å². The summed E-state index contributed by atoms with van der Waals surface area (Å²) in [5.74, 6) is 2.31. The SMILES string of the molecule is CCC1NC(=O)C(CC)N(C2CCCSC2)C1=O. The van der Waals surface area contributed by atoms with Gasteiger partial charge in [-0.1, -0.05) is 13.8 Å². The standard InChI is InChI=1S/C13H22N2O2S/c1-3-10-13(17)15(9-6-5-7-18-8-9)11(4-2)12(16)14-10/h9-11H,3-8H2,1-2H3,(H,14,16). The lowest BCUT2D eigenvalue weighted by Gasteiger charge is -2.44. The van der Waals surface area contributed by atoms with Gasteiger partial charge >= 0.3 is 0 Å². The van der Waals surface area contributed by atoms with Crippen molar-refractivity contribution < 1.29 is 9.59 Å². The van der Waals surface area contributed by atoms with Gasteiger partial charge in [-0.05, 0) is 31.4 Å². The molecule has 2 saturated heterocycles. The molecule has 0 aliphatic carbocycles. The molecule has 0 bridgehead atoms. The Morgan fingerprint density at radius 3 is 2.67 bits per heavy atom. The van der Waals surface area contributed by atoms with E-state index >= 15 is 0 Å². The van der Waals surface area contributed by atoms with Gasteiger partial charge in [-0.2, -0.15) is 11.8 Å². The normalized spacial score (nSPS) is 33.4. The minimum Gasteiger partial charge on any atom is -0.343 e. The molecule has 2 aliphatic heterocycles. The van der Waals surface area contributed by atoms with Gasteiger partial charge in [0.1, 0.15) is 12.1 Å². The van der Waals surface area contributed by atoms with Crippen LogP contribution in [0.3, 0.4) is 0 Å². The summed E-state index contributed by atoms with van der Waals surface area (Å²) in [5.41, 5.74) is 0. The first kappa shape index (κ1) is 13.7. The van der Waals surface area contributed by atoms with Gasteiger partial charge in [-0.3, -0.25) is 9.59 Å². The lowest BCUT2D eigenvalue weighted by Crippen LogP contribution is -2.66. The van der Waals surface area contributed by atoms with Crippen LogP contribution in [0.5, 0.6) is 0 Å². The molecule has 0 radical (unpaired) electrons. The maximum absolute atomic E-state index is 12.5. The summed E-state index contributed by atoms with van der Waals surface area (Å²) in [7, 11) is 0. The minimum atomic E-state index is -0.313.